The maximum atomic E-state index is 13.0. The lowest BCUT2D eigenvalue weighted by Gasteiger charge is -2.10. The van der Waals surface area contributed by atoms with Crippen molar-refractivity contribution in [2.75, 3.05) is 5.32 Å². The van der Waals surface area contributed by atoms with Crippen LogP contribution in [0.2, 0.25) is 0 Å². The van der Waals surface area contributed by atoms with Gasteiger partial charge in [-0.15, -0.1) is 0 Å². The van der Waals surface area contributed by atoms with Gasteiger partial charge in [0.15, 0.2) is 0 Å². The number of amides is 1. The number of rotatable bonds is 6. The van der Waals surface area contributed by atoms with Crippen molar-refractivity contribution in [1.29, 1.82) is 0 Å². The predicted molar refractivity (Wildman–Crippen MR) is 115 cm³/mol. The third-order valence-electron chi connectivity index (χ3n) is 4.53. The highest BCUT2D eigenvalue weighted by Crippen LogP contribution is 2.21. The van der Waals surface area contributed by atoms with Crippen molar-refractivity contribution in [1.82, 2.24) is 4.98 Å². The summed E-state index contributed by atoms with van der Waals surface area (Å²) in [5, 5.41) is 2.99. The average molecular weight is 380 g/mol. The van der Waals surface area contributed by atoms with E-state index in [0.29, 0.717) is 11.3 Å². The Balaban J connectivity index is 1.52. The van der Waals surface area contributed by atoms with Crippen LogP contribution in [0.1, 0.15) is 22.5 Å². The van der Waals surface area contributed by atoms with Crippen molar-refractivity contribution < 1.29 is 9.21 Å². The number of nitrogens with zero attached hydrogens (tertiary/aromatic N) is 1. The van der Waals surface area contributed by atoms with E-state index in [4.69, 9.17) is 4.42 Å². The summed E-state index contributed by atoms with van der Waals surface area (Å²) in [5.74, 6) is 0.446. The van der Waals surface area contributed by atoms with Crippen LogP contribution in [-0.2, 0) is 11.2 Å². The van der Waals surface area contributed by atoms with Crippen LogP contribution >= 0.6 is 0 Å². The normalized spacial score (nSPS) is 11.2. The van der Waals surface area contributed by atoms with Crippen molar-refractivity contribution in [3.8, 4) is 0 Å². The molecule has 1 amide bonds. The third kappa shape index (κ3) is 4.87. The van der Waals surface area contributed by atoms with E-state index in [0.717, 1.165) is 17.7 Å². The van der Waals surface area contributed by atoms with Gasteiger partial charge in [-0.1, -0.05) is 42.5 Å². The number of carbonyl (C=O) groups excluding carboxylic acids is 1. The van der Waals surface area contributed by atoms with Gasteiger partial charge in [-0.2, -0.15) is 0 Å². The van der Waals surface area contributed by atoms with Crippen molar-refractivity contribution in [3.63, 3.8) is 0 Å². The minimum absolute atomic E-state index is 0.186. The molecule has 4 rings (SSSR count). The summed E-state index contributed by atoms with van der Waals surface area (Å²) >= 11 is 0. The molecule has 0 saturated carbocycles. The molecule has 142 valence electrons. The van der Waals surface area contributed by atoms with Crippen LogP contribution in [0.4, 0.5) is 5.69 Å². The topological polar surface area (TPSA) is 55.1 Å². The lowest BCUT2D eigenvalue weighted by Crippen LogP contribution is -2.13. The van der Waals surface area contributed by atoms with Crippen LogP contribution in [0.3, 0.4) is 0 Å². The van der Waals surface area contributed by atoms with E-state index in [1.807, 2.05) is 72.8 Å². The van der Waals surface area contributed by atoms with Crippen LogP contribution in [0.25, 0.3) is 11.6 Å². The van der Waals surface area contributed by atoms with Crippen LogP contribution in [0, 0.1) is 0 Å². The fraction of sp³-hybridized carbons (Fsp3) is 0.0400. The van der Waals surface area contributed by atoms with E-state index in [1.54, 1.807) is 30.8 Å². The van der Waals surface area contributed by atoms with Gasteiger partial charge in [0.25, 0.3) is 5.91 Å². The predicted octanol–water partition coefficient (Wildman–Crippen LogP) is 5.44. The molecule has 2 aromatic carbocycles. The second-order valence-corrected chi connectivity index (χ2v) is 6.62. The summed E-state index contributed by atoms with van der Waals surface area (Å²) in [4.78, 5) is 17.0. The molecule has 4 aromatic rings. The Labute approximate surface area is 169 Å². The largest absolute Gasteiger partial charge is 0.465 e. The molecular formula is C25H20N2O2. The molecule has 0 saturated heterocycles. The Bertz CT molecular complexity index is 1080. The van der Waals surface area contributed by atoms with Crippen LogP contribution < -0.4 is 5.32 Å². The summed E-state index contributed by atoms with van der Waals surface area (Å²) in [6, 6.07) is 25.1. The number of hydrogen-bond acceptors (Lipinski definition) is 3. The quantitative estimate of drug-likeness (QED) is 0.453. The molecule has 0 aliphatic rings. The zero-order valence-electron chi connectivity index (χ0n) is 15.8. The molecule has 0 unspecified atom stereocenters. The number of benzene rings is 2. The van der Waals surface area contributed by atoms with E-state index in [2.05, 4.69) is 10.3 Å². The third-order valence-corrected chi connectivity index (χ3v) is 4.53. The molecule has 1 N–H and O–H groups in total. The number of nitrogens with one attached hydrogen (secondary N) is 1. The molecule has 2 heterocycles. The highest BCUT2D eigenvalue weighted by Gasteiger charge is 2.13. The minimum Gasteiger partial charge on any atom is -0.465 e. The first-order valence-electron chi connectivity index (χ1n) is 9.38. The summed E-state index contributed by atoms with van der Waals surface area (Å²) in [6.07, 6.45) is 7.75. The zero-order valence-corrected chi connectivity index (χ0v) is 15.8. The van der Waals surface area contributed by atoms with E-state index < -0.39 is 0 Å². The Kier molecular flexibility index (Phi) is 5.63. The summed E-state index contributed by atoms with van der Waals surface area (Å²) in [7, 11) is 0. The molecule has 0 aliphatic carbocycles. The molecule has 4 heteroatoms. The van der Waals surface area contributed by atoms with Gasteiger partial charge in [-0.05, 0) is 65.6 Å². The molecule has 4 nitrogen and oxygen atoms in total. The molecule has 2 aromatic heterocycles. The second kappa shape index (κ2) is 8.85. The highest BCUT2D eigenvalue weighted by atomic mass is 16.3. The summed E-state index contributed by atoms with van der Waals surface area (Å²) < 4.78 is 5.40. The van der Waals surface area contributed by atoms with Gasteiger partial charge < -0.3 is 9.73 Å². The van der Waals surface area contributed by atoms with Gasteiger partial charge >= 0.3 is 0 Å². The molecule has 0 aliphatic heterocycles. The van der Waals surface area contributed by atoms with Gasteiger partial charge in [0.1, 0.15) is 5.76 Å². The molecule has 0 radical (unpaired) electrons. The number of hydrogen-bond donors (Lipinski definition) is 1. The van der Waals surface area contributed by atoms with E-state index in [9.17, 15) is 4.79 Å². The fourth-order valence-electron chi connectivity index (χ4n) is 3.05. The molecule has 0 bridgehead atoms. The van der Waals surface area contributed by atoms with Crippen molar-refractivity contribution in [2.45, 2.75) is 6.42 Å². The first-order valence-corrected chi connectivity index (χ1v) is 9.38. The Morgan fingerprint density at radius 1 is 0.862 bits per heavy atom. The average Bonchev–Trinajstić information content (AvgIpc) is 3.28. The van der Waals surface area contributed by atoms with Crippen LogP contribution in [-0.4, -0.2) is 10.9 Å². The van der Waals surface area contributed by atoms with Gasteiger partial charge in [0.05, 0.1) is 11.8 Å². The van der Waals surface area contributed by atoms with E-state index in [1.165, 1.54) is 11.1 Å². The molecule has 29 heavy (non-hydrogen) atoms. The van der Waals surface area contributed by atoms with Crippen LogP contribution in [0.5, 0.6) is 0 Å². The van der Waals surface area contributed by atoms with Gasteiger partial charge in [-0.25, -0.2) is 0 Å². The summed E-state index contributed by atoms with van der Waals surface area (Å²) in [5.41, 5.74) is 4.49. The van der Waals surface area contributed by atoms with Crippen molar-refractivity contribution in [2.24, 2.45) is 0 Å². The first-order chi connectivity index (χ1) is 14.3. The number of aromatic nitrogens is 1. The second-order valence-electron chi connectivity index (χ2n) is 6.62. The number of anilines is 1. The Morgan fingerprint density at radius 3 is 2.28 bits per heavy atom. The highest BCUT2D eigenvalue weighted by molar-refractivity contribution is 6.29. The Morgan fingerprint density at radius 2 is 1.59 bits per heavy atom. The maximum Gasteiger partial charge on any atom is 0.256 e. The number of carbonyl (C=O) groups is 1. The molecule has 0 spiro atoms. The van der Waals surface area contributed by atoms with Crippen LogP contribution in [0.15, 0.2) is 102 Å². The first kappa shape index (κ1) is 18.4. The van der Waals surface area contributed by atoms with Gasteiger partial charge in [0, 0.05) is 18.1 Å². The van der Waals surface area contributed by atoms with Gasteiger partial charge in [-0.3, -0.25) is 9.78 Å². The van der Waals surface area contributed by atoms with Gasteiger partial charge in [0.2, 0.25) is 0 Å². The molecule has 0 fully saturated rings. The lowest BCUT2D eigenvalue weighted by atomic mass is 10.0. The SMILES string of the molecule is O=C(Nc1ccc(Cc2ccncc2)cc1)/C(=C/c1ccco1)c1ccccc1. The number of pyridine rings is 1. The summed E-state index contributed by atoms with van der Waals surface area (Å²) in [6.45, 7) is 0. The van der Waals surface area contributed by atoms with E-state index >= 15 is 0 Å². The minimum atomic E-state index is -0.186. The van der Waals surface area contributed by atoms with E-state index in [-0.39, 0.29) is 5.91 Å². The van der Waals surface area contributed by atoms with Crippen molar-refractivity contribution >= 4 is 23.2 Å². The lowest BCUT2D eigenvalue weighted by molar-refractivity contribution is -0.111. The standard InChI is InChI=1S/C25H20N2O2/c28-25(24(18-23-7-4-16-29-23)21-5-2-1-3-6-21)27-22-10-8-19(9-11-22)17-20-12-14-26-15-13-20/h1-16,18H,17H2,(H,27,28)/b24-18+. The maximum absolute atomic E-state index is 13.0. The zero-order chi connectivity index (χ0) is 19.9. The van der Waals surface area contributed by atoms with Crippen molar-refractivity contribution in [3.05, 3.63) is 120 Å². The molecule has 0 atom stereocenters. The Hall–Kier alpha value is -3.92. The molecular weight excluding hydrogens is 360 g/mol. The number of furan rings is 1. The fourth-order valence-corrected chi connectivity index (χ4v) is 3.05. The smallest absolute Gasteiger partial charge is 0.256 e. The monoisotopic (exact) mass is 380 g/mol.